The summed E-state index contributed by atoms with van der Waals surface area (Å²) in [7, 11) is 0. The van der Waals surface area contributed by atoms with E-state index in [9.17, 15) is 9.18 Å². The Balaban J connectivity index is 1.41. The van der Waals surface area contributed by atoms with Crippen molar-refractivity contribution in [2.45, 2.75) is 6.61 Å². The van der Waals surface area contributed by atoms with Crippen LogP contribution in [-0.4, -0.2) is 18.7 Å². The molecule has 0 fully saturated rings. The average molecular weight is 377 g/mol. The molecule has 28 heavy (non-hydrogen) atoms. The van der Waals surface area contributed by atoms with Crippen molar-refractivity contribution in [2.75, 3.05) is 11.9 Å². The number of halogens is 1. The minimum atomic E-state index is -0.268. The van der Waals surface area contributed by atoms with Crippen LogP contribution in [0.5, 0.6) is 5.75 Å². The number of amides is 1. The van der Waals surface area contributed by atoms with Gasteiger partial charge < -0.3 is 10.1 Å². The SMILES string of the molecule is O=C(CNc1ccccc1)NN=Cc1ccc(OCc2ccc(F)cc2)cc1. The fourth-order valence-electron chi connectivity index (χ4n) is 2.35. The van der Waals surface area contributed by atoms with E-state index < -0.39 is 0 Å². The molecule has 0 heterocycles. The van der Waals surface area contributed by atoms with Crippen molar-refractivity contribution in [3.05, 3.63) is 95.8 Å². The Kier molecular flexibility index (Phi) is 6.73. The van der Waals surface area contributed by atoms with Gasteiger partial charge in [0, 0.05) is 5.69 Å². The molecule has 3 aromatic carbocycles. The Labute approximate surface area is 162 Å². The molecule has 0 spiro atoms. The van der Waals surface area contributed by atoms with Crippen molar-refractivity contribution in [2.24, 2.45) is 5.10 Å². The minimum absolute atomic E-state index is 0.136. The number of carbonyl (C=O) groups excluding carboxylic acids is 1. The van der Waals surface area contributed by atoms with Gasteiger partial charge in [0.25, 0.3) is 5.91 Å². The van der Waals surface area contributed by atoms with Crippen molar-refractivity contribution in [3.63, 3.8) is 0 Å². The third-order valence-corrected chi connectivity index (χ3v) is 3.83. The molecule has 0 atom stereocenters. The zero-order chi connectivity index (χ0) is 19.6. The van der Waals surface area contributed by atoms with E-state index in [0.29, 0.717) is 12.4 Å². The molecule has 3 aromatic rings. The summed E-state index contributed by atoms with van der Waals surface area (Å²) in [5.74, 6) is 0.187. The first-order valence-corrected chi connectivity index (χ1v) is 8.77. The molecule has 1 amide bonds. The van der Waals surface area contributed by atoms with E-state index in [1.807, 2.05) is 54.6 Å². The summed E-state index contributed by atoms with van der Waals surface area (Å²) in [6.07, 6.45) is 1.56. The van der Waals surface area contributed by atoms with Crippen LogP contribution >= 0.6 is 0 Å². The smallest absolute Gasteiger partial charge is 0.259 e. The lowest BCUT2D eigenvalue weighted by Gasteiger charge is -2.06. The van der Waals surface area contributed by atoms with E-state index in [1.54, 1.807) is 18.3 Å². The van der Waals surface area contributed by atoms with E-state index >= 15 is 0 Å². The van der Waals surface area contributed by atoms with Gasteiger partial charge in [0.2, 0.25) is 0 Å². The van der Waals surface area contributed by atoms with Gasteiger partial charge in [0.1, 0.15) is 18.2 Å². The zero-order valence-electron chi connectivity index (χ0n) is 15.1. The topological polar surface area (TPSA) is 62.7 Å². The third-order valence-electron chi connectivity index (χ3n) is 3.83. The molecule has 3 rings (SSSR count). The molecule has 0 aliphatic carbocycles. The number of ether oxygens (including phenoxy) is 1. The highest BCUT2D eigenvalue weighted by atomic mass is 19.1. The van der Waals surface area contributed by atoms with E-state index in [-0.39, 0.29) is 18.3 Å². The van der Waals surface area contributed by atoms with Crippen LogP contribution in [0.4, 0.5) is 10.1 Å². The van der Waals surface area contributed by atoms with Crippen LogP contribution in [0.1, 0.15) is 11.1 Å². The van der Waals surface area contributed by atoms with E-state index in [0.717, 1.165) is 16.8 Å². The maximum Gasteiger partial charge on any atom is 0.259 e. The lowest BCUT2D eigenvalue weighted by atomic mass is 10.2. The Hall–Kier alpha value is -3.67. The summed E-state index contributed by atoms with van der Waals surface area (Å²) < 4.78 is 18.5. The van der Waals surface area contributed by atoms with Gasteiger partial charge in [-0.3, -0.25) is 4.79 Å². The van der Waals surface area contributed by atoms with Gasteiger partial charge in [-0.2, -0.15) is 5.10 Å². The van der Waals surface area contributed by atoms with Crippen molar-refractivity contribution in [1.29, 1.82) is 0 Å². The number of carbonyl (C=O) groups is 1. The monoisotopic (exact) mass is 377 g/mol. The number of benzene rings is 3. The summed E-state index contributed by atoms with van der Waals surface area (Å²) in [6.45, 7) is 0.496. The van der Waals surface area contributed by atoms with Crippen LogP contribution in [0.15, 0.2) is 84.0 Å². The predicted octanol–water partition coefficient (Wildman–Crippen LogP) is 3.97. The van der Waals surface area contributed by atoms with Crippen molar-refractivity contribution in [1.82, 2.24) is 5.43 Å². The maximum atomic E-state index is 12.9. The van der Waals surface area contributed by atoms with Gasteiger partial charge in [-0.05, 0) is 59.7 Å². The van der Waals surface area contributed by atoms with Crippen LogP contribution in [-0.2, 0) is 11.4 Å². The maximum absolute atomic E-state index is 12.9. The van der Waals surface area contributed by atoms with Crippen molar-refractivity contribution in [3.8, 4) is 5.75 Å². The summed E-state index contributed by atoms with van der Waals surface area (Å²) in [5, 5.41) is 6.95. The van der Waals surface area contributed by atoms with Crippen LogP contribution in [0.2, 0.25) is 0 Å². The fraction of sp³-hybridized carbons (Fsp3) is 0.0909. The minimum Gasteiger partial charge on any atom is -0.489 e. The van der Waals surface area contributed by atoms with Gasteiger partial charge >= 0.3 is 0 Å². The molecule has 5 nitrogen and oxygen atoms in total. The molecule has 0 aliphatic rings. The molecule has 0 aromatic heterocycles. The molecule has 0 saturated carbocycles. The molecule has 6 heteroatoms. The highest BCUT2D eigenvalue weighted by Gasteiger charge is 2.00. The van der Waals surface area contributed by atoms with Gasteiger partial charge in [-0.25, -0.2) is 9.82 Å². The van der Waals surface area contributed by atoms with Gasteiger partial charge in [0.05, 0.1) is 12.8 Å². The first-order chi connectivity index (χ1) is 13.7. The molecule has 0 radical (unpaired) electrons. The second kappa shape index (κ2) is 9.87. The first kappa shape index (κ1) is 19.1. The zero-order valence-corrected chi connectivity index (χ0v) is 15.1. The van der Waals surface area contributed by atoms with E-state index in [2.05, 4.69) is 15.8 Å². The Bertz CT molecular complexity index is 911. The Morgan fingerprint density at radius 1 is 0.964 bits per heavy atom. The fourth-order valence-corrected chi connectivity index (χ4v) is 2.35. The highest BCUT2D eigenvalue weighted by Crippen LogP contribution is 2.14. The number of hydrogen-bond donors (Lipinski definition) is 2. The van der Waals surface area contributed by atoms with Crippen LogP contribution in [0.3, 0.4) is 0 Å². The van der Waals surface area contributed by atoms with E-state index in [1.165, 1.54) is 12.1 Å². The number of para-hydroxylation sites is 1. The highest BCUT2D eigenvalue weighted by molar-refractivity contribution is 5.84. The molecular formula is C22H20FN3O2. The average Bonchev–Trinajstić information content (AvgIpc) is 2.73. The largest absolute Gasteiger partial charge is 0.489 e. The lowest BCUT2D eigenvalue weighted by molar-refractivity contribution is -0.119. The Morgan fingerprint density at radius 2 is 1.68 bits per heavy atom. The summed E-state index contributed by atoms with van der Waals surface area (Å²) in [4.78, 5) is 11.8. The summed E-state index contributed by atoms with van der Waals surface area (Å²) in [5.41, 5.74) is 5.06. The molecule has 0 saturated heterocycles. The number of nitrogens with one attached hydrogen (secondary N) is 2. The number of rotatable bonds is 8. The Morgan fingerprint density at radius 3 is 2.39 bits per heavy atom. The number of nitrogens with zero attached hydrogens (tertiary/aromatic N) is 1. The standard InChI is InChI=1S/C22H20FN3O2/c23-19-10-6-18(7-11-19)16-28-21-12-8-17(9-13-21)14-25-26-22(27)15-24-20-4-2-1-3-5-20/h1-14,24H,15-16H2,(H,26,27). The molecule has 2 N–H and O–H groups in total. The van der Waals surface area contributed by atoms with Crippen LogP contribution < -0.4 is 15.5 Å². The van der Waals surface area contributed by atoms with Gasteiger partial charge in [0.15, 0.2) is 0 Å². The molecule has 142 valence electrons. The predicted molar refractivity (Wildman–Crippen MR) is 108 cm³/mol. The number of hydrazone groups is 1. The molecule has 0 aliphatic heterocycles. The first-order valence-electron chi connectivity index (χ1n) is 8.77. The van der Waals surface area contributed by atoms with E-state index in [4.69, 9.17) is 4.74 Å². The summed E-state index contributed by atoms with van der Waals surface area (Å²) >= 11 is 0. The second-order valence-electron chi connectivity index (χ2n) is 6.00. The van der Waals surface area contributed by atoms with Crippen molar-refractivity contribution >= 4 is 17.8 Å². The number of hydrogen-bond acceptors (Lipinski definition) is 4. The second-order valence-corrected chi connectivity index (χ2v) is 6.00. The van der Waals surface area contributed by atoms with Gasteiger partial charge in [-0.15, -0.1) is 0 Å². The third kappa shape index (κ3) is 6.25. The van der Waals surface area contributed by atoms with Gasteiger partial charge in [-0.1, -0.05) is 30.3 Å². The molecule has 0 unspecified atom stereocenters. The van der Waals surface area contributed by atoms with Crippen molar-refractivity contribution < 1.29 is 13.9 Å². The molecule has 0 bridgehead atoms. The molecular weight excluding hydrogens is 357 g/mol. The normalized spacial score (nSPS) is 10.6. The lowest BCUT2D eigenvalue weighted by Crippen LogP contribution is -2.25. The summed E-state index contributed by atoms with van der Waals surface area (Å²) in [6, 6.07) is 22.9. The van der Waals surface area contributed by atoms with Crippen LogP contribution in [0, 0.1) is 5.82 Å². The quantitative estimate of drug-likeness (QED) is 0.461. The van der Waals surface area contributed by atoms with Crippen LogP contribution in [0.25, 0.3) is 0 Å². The number of anilines is 1.